The fourth-order valence-corrected chi connectivity index (χ4v) is 2.33. The summed E-state index contributed by atoms with van der Waals surface area (Å²) in [7, 11) is 1.66. The molecule has 0 amide bonds. The van der Waals surface area contributed by atoms with Gasteiger partial charge in [0.15, 0.2) is 0 Å². The van der Waals surface area contributed by atoms with Gasteiger partial charge in [-0.3, -0.25) is 0 Å². The topological polar surface area (TPSA) is 52.0 Å². The van der Waals surface area contributed by atoms with Crippen LogP contribution in [0.1, 0.15) is 18.2 Å². The number of nitrogens with one attached hydrogen (secondary N) is 1. The first-order valence-electron chi connectivity index (χ1n) is 6.15. The molecular formula is C13H17BrN4O. The van der Waals surface area contributed by atoms with E-state index in [-0.39, 0.29) is 0 Å². The maximum Gasteiger partial charge on any atom is 0.133 e. The minimum absolute atomic E-state index is 0.696. The number of hydrogen-bond donors (Lipinski definition) is 1. The molecule has 1 N–H and O–H groups in total. The van der Waals surface area contributed by atoms with E-state index in [2.05, 4.69) is 38.5 Å². The lowest BCUT2D eigenvalue weighted by Crippen LogP contribution is -2.11. The van der Waals surface area contributed by atoms with E-state index in [1.165, 1.54) is 0 Å². The molecule has 5 nitrogen and oxygen atoms in total. The summed E-state index contributed by atoms with van der Waals surface area (Å²) in [5.74, 6) is 0.829. The molecule has 2 aromatic rings. The van der Waals surface area contributed by atoms with Gasteiger partial charge >= 0.3 is 0 Å². The quantitative estimate of drug-likeness (QED) is 0.885. The van der Waals surface area contributed by atoms with Crippen molar-refractivity contribution >= 4 is 15.9 Å². The Morgan fingerprint density at radius 3 is 2.95 bits per heavy atom. The molecule has 2 rings (SSSR count). The summed E-state index contributed by atoms with van der Waals surface area (Å²) in [6.07, 6.45) is 1.96. The molecule has 0 spiro atoms. The largest absolute Gasteiger partial charge is 0.496 e. The molecule has 6 heteroatoms. The zero-order valence-corrected chi connectivity index (χ0v) is 12.6. The first-order chi connectivity index (χ1) is 9.22. The molecule has 1 aromatic carbocycles. The van der Waals surface area contributed by atoms with Crippen molar-refractivity contribution < 1.29 is 4.74 Å². The number of ether oxygens (including phenoxy) is 1. The van der Waals surface area contributed by atoms with E-state index in [0.29, 0.717) is 6.54 Å². The van der Waals surface area contributed by atoms with Gasteiger partial charge in [0.25, 0.3) is 0 Å². The average Bonchev–Trinajstić information content (AvgIpc) is 2.84. The number of rotatable bonds is 6. The first kappa shape index (κ1) is 14.0. The van der Waals surface area contributed by atoms with E-state index in [4.69, 9.17) is 4.74 Å². The van der Waals surface area contributed by atoms with E-state index >= 15 is 0 Å². The van der Waals surface area contributed by atoms with Crippen LogP contribution in [-0.4, -0.2) is 28.6 Å². The Kier molecular flexibility index (Phi) is 4.93. The third-order valence-electron chi connectivity index (χ3n) is 2.70. The van der Waals surface area contributed by atoms with Crippen LogP contribution in [-0.2, 0) is 13.1 Å². The second kappa shape index (κ2) is 6.68. The van der Waals surface area contributed by atoms with E-state index < -0.39 is 0 Å². The Bertz CT molecular complexity index is 541. The summed E-state index contributed by atoms with van der Waals surface area (Å²) in [6, 6.07) is 6.00. The highest BCUT2D eigenvalue weighted by atomic mass is 79.9. The van der Waals surface area contributed by atoms with Crippen LogP contribution in [0.25, 0.3) is 0 Å². The lowest BCUT2D eigenvalue weighted by Gasteiger charge is -2.06. The zero-order valence-electron chi connectivity index (χ0n) is 11.1. The lowest BCUT2D eigenvalue weighted by molar-refractivity contribution is 0.412. The van der Waals surface area contributed by atoms with Gasteiger partial charge in [0.1, 0.15) is 5.75 Å². The highest BCUT2D eigenvalue weighted by molar-refractivity contribution is 9.10. The van der Waals surface area contributed by atoms with Gasteiger partial charge in [-0.2, -0.15) is 0 Å². The van der Waals surface area contributed by atoms with Crippen LogP contribution in [0.2, 0.25) is 0 Å². The number of aromatic nitrogens is 3. The monoisotopic (exact) mass is 324 g/mol. The normalized spacial score (nSPS) is 10.7. The van der Waals surface area contributed by atoms with Crippen LogP contribution < -0.4 is 10.1 Å². The molecule has 0 aliphatic carbocycles. The molecule has 0 aliphatic heterocycles. The number of methoxy groups -OCH3 is 1. The summed E-state index contributed by atoms with van der Waals surface area (Å²) in [5, 5.41) is 11.5. The van der Waals surface area contributed by atoms with Gasteiger partial charge in [-0.25, -0.2) is 4.68 Å². The highest BCUT2D eigenvalue weighted by Crippen LogP contribution is 2.25. The van der Waals surface area contributed by atoms with Crippen molar-refractivity contribution in [1.29, 1.82) is 0 Å². The van der Waals surface area contributed by atoms with E-state index in [0.717, 1.165) is 34.6 Å². The van der Waals surface area contributed by atoms with E-state index in [1.54, 1.807) is 7.11 Å². The van der Waals surface area contributed by atoms with Crippen molar-refractivity contribution in [2.24, 2.45) is 0 Å². The molecule has 0 bridgehead atoms. The third-order valence-corrected chi connectivity index (χ3v) is 3.32. The summed E-state index contributed by atoms with van der Waals surface area (Å²) in [6.45, 7) is 4.45. The predicted octanol–water partition coefficient (Wildman–Crippen LogP) is 2.21. The molecule has 1 heterocycles. The number of nitrogens with zero attached hydrogens (tertiary/aromatic N) is 3. The van der Waals surface area contributed by atoms with Gasteiger partial charge in [0.2, 0.25) is 0 Å². The molecule has 0 saturated carbocycles. The second-order valence-electron chi connectivity index (χ2n) is 4.16. The van der Waals surface area contributed by atoms with E-state index in [1.807, 2.05) is 29.1 Å². The van der Waals surface area contributed by atoms with Crippen molar-refractivity contribution in [2.45, 2.75) is 20.0 Å². The summed E-state index contributed by atoms with van der Waals surface area (Å²) < 4.78 is 7.99. The van der Waals surface area contributed by atoms with E-state index in [9.17, 15) is 0 Å². The standard InChI is InChI=1S/C13H17BrN4O/c1-3-15-7-11-9-18(17-16-11)8-10-4-5-13(19-2)12(14)6-10/h4-6,9,15H,3,7-8H2,1-2H3. The maximum absolute atomic E-state index is 5.21. The Hall–Kier alpha value is -1.40. The highest BCUT2D eigenvalue weighted by Gasteiger charge is 2.04. The second-order valence-corrected chi connectivity index (χ2v) is 5.01. The van der Waals surface area contributed by atoms with Crippen LogP contribution in [0.5, 0.6) is 5.75 Å². The zero-order chi connectivity index (χ0) is 13.7. The van der Waals surface area contributed by atoms with Crippen LogP contribution in [0.3, 0.4) is 0 Å². The minimum Gasteiger partial charge on any atom is -0.496 e. The van der Waals surface area contributed by atoms with Crippen molar-refractivity contribution in [3.63, 3.8) is 0 Å². The number of benzene rings is 1. The van der Waals surface area contributed by atoms with Gasteiger partial charge in [-0.05, 0) is 40.2 Å². The van der Waals surface area contributed by atoms with Crippen LogP contribution in [0.15, 0.2) is 28.9 Å². The van der Waals surface area contributed by atoms with Crippen molar-refractivity contribution in [3.8, 4) is 5.75 Å². The molecule has 0 unspecified atom stereocenters. The van der Waals surface area contributed by atoms with Gasteiger partial charge in [-0.15, -0.1) is 5.10 Å². The fourth-order valence-electron chi connectivity index (χ4n) is 1.75. The smallest absolute Gasteiger partial charge is 0.133 e. The Labute approximate surface area is 121 Å². The summed E-state index contributed by atoms with van der Waals surface area (Å²) in [4.78, 5) is 0. The van der Waals surface area contributed by atoms with Crippen LogP contribution in [0.4, 0.5) is 0 Å². The number of halogens is 1. The molecule has 0 fully saturated rings. The Morgan fingerprint density at radius 2 is 2.26 bits per heavy atom. The predicted molar refractivity (Wildman–Crippen MR) is 77.2 cm³/mol. The van der Waals surface area contributed by atoms with Crippen molar-refractivity contribution in [2.75, 3.05) is 13.7 Å². The summed E-state index contributed by atoms with van der Waals surface area (Å²) >= 11 is 3.48. The fraction of sp³-hybridized carbons (Fsp3) is 0.385. The Morgan fingerprint density at radius 1 is 1.42 bits per heavy atom. The SMILES string of the molecule is CCNCc1cn(Cc2ccc(OC)c(Br)c2)nn1. The van der Waals surface area contributed by atoms with Gasteiger partial charge in [-0.1, -0.05) is 18.2 Å². The first-order valence-corrected chi connectivity index (χ1v) is 6.94. The molecule has 102 valence electrons. The molecule has 19 heavy (non-hydrogen) atoms. The van der Waals surface area contributed by atoms with Crippen molar-refractivity contribution in [1.82, 2.24) is 20.3 Å². The molecule has 0 radical (unpaired) electrons. The lowest BCUT2D eigenvalue weighted by atomic mass is 10.2. The van der Waals surface area contributed by atoms with Crippen LogP contribution in [0, 0.1) is 0 Å². The molecule has 0 aliphatic rings. The number of hydrogen-bond acceptors (Lipinski definition) is 4. The molecular weight excluding hydrogens is 308 g/mol. The molecule has 0 saturated heterocycles. The van der Waals surface area contributed by atoms with Crippen molar-refractivity contribution in [3.05, 3.63) is 40.1 Å². The molecule has 1 aromatic heterocycles. The Balaban J connectivity index is 2.04. The van der Waals surface area contributed by atoms with Gasteiger partial charge in [0, 0.05) is 6.54 Å². The minimum atomic E-state index is 0.696. The summed E-state index contributed by atoms with van der Waals surface area (Å²) in [5.41, 5.74) is 2.10. The third kappa shape index (κ3) is 3.78. The maximum atomic E-state index is 5.21. The van der Waals surface area contributed by atoms with Gasteiger partial charge in [0.05, 0.1) is 30.0 Å². The molecule has 0 atom stereocenters. The van der Waals surface area contributed by atoms with Crippen LogP contribution >= 0.6 is 15.9 Å². The average molecular weight is 325 g/mol. The van der Waals surface area contributed by atoms with Gasteiger partial charge < -0.3 is 10.1 Å².